The molecule has 2 heteroatoms. The van der Waals surface area contributed by atoms with Crippen LogP contribution in [0.5, 0.6) is 0 Å². The van der Waals surface area contributed by atoms with Gasteiger partial charge in [-0.05, 0) is 23.5 Å². The molecule has 1 aromatic rings. The third-order valence-electron chi connectivity index (χ3n) is 2.31. The Bertz CT molecular complexity index is 300. The molecule has 15 heavy (non-hydrogen) atoms. The Morgan fingerprint density at radius 1 is 1.33 bits per heavy atom. The zero-order valence-electron chi connectivity index (χ0n) is 10.3. The third kappa shape index (κ3) is 4.43. The molecule has 0 unspecified atom stereocenters. The van der Waals surface area contributed by atoms with Gasteiger partial charge in [0.05, 0.1) is 5.69 Å². The van der Waals surface area contributed by atoms with E-state index in [0.717, 1.165) is 19.5 Å². The molecule has 0 fully saturated rings. The number of aryl methyl sites for hydroxylation is 1. The Hall–Kier alpha value is -0.890. The summed E-state index contributed by atoms with van der Waals surface area (Å²) in [4.78, 5) is 4.41. The minimum atomic E-state index is 0.334. The number of hydrogen-bond donors (Lipinski definition) is 1. The lowest BCUT2D eigenvalue weighted by atomic mass is 9.97. The first-order chi connectivity index (χ1) is 7.03. The van der Waals surface area contributed by atoms with Crippen molar-refractivity contribution in [1.82, 2.24) is 10.3 Å². The average molecular weight is 206 g/mol. The summed E-state index contributed by atoms with van der Waals surface area (Å²) in [5, 5.41) is 3.45. The summed E-state index contributed by atoms with van der Waals surface area (Å²) in [7, 11) is 0. The van der Waals surface area contributed by atoms with Crippen LogP contribution in [-0.4, -0.2) is 11.5 Å². The molecular formula is C13H22N2. The van der Waals surface area contributed by atoms with Crippen LogP contribution in [0.1, 0.15) is 39.0 Å². The van der Waals surface area contributed by atoms with E-state index in [0.29, 0.717) is 5.41 Å². The lowest BCUT2D eigenvalue weighted by Crippen LogP contribution is -2.27. The molecule has 0 saturated heterocycles. The summed E-state index contributed by atoms with van der Waals surface area (Å²) in [5.74, 6) is 0. The van der Waals surface area contributed by atoms with Crippen molar-refractivity contribution in [3.8, 4) is 0 Å². The maximum absolute atomic E-state index is 4.41. The highest BCUT2D eigenvalue weighted by Crippen LogP contribution is 2.11. The molecule has 1 aromatic heterocycles. The quantitative estimate of drug-likeness (QED) is 0.819. The van der Waals surface area contributed by atoms with E-state index in [1.54, 1.807) is 0 Å². The fourth-order valence-electron chi connectivity index (χ4n) is 1.51. The van der Waals surface area contributed by atoms with Crippen molar-refractivity contribution in [3.05, 3.63) is 29.6 Å². The van der Waals surface area contributed by atoms with Crippen molar-refractivity contribution < 1.29 is 0 Å². The van der Waals surface area contributed by atoms with Crippen molar-refractivity contribution in [2.45, 2.75) is 40.7 Å². The molecule has 0 aliphatic rings. The number of rotatable bonds is 4. The topological polar surface area (TPSA) is 24.9 Å². The van der Waals surface area contributed by atoms with Gasteiger partial charge >= 0.3 is 0 Å². The smallest absolute Gasteiger partial charge is 0.0573 e. The highest BCUT2D eigenvalue weighted by atomic mass is 14.9. The average Bonchev–Trinajstić information content (AvgIpc) is 2.16. The van der Waals surface area contributed by atoms with Crippen LogP contribution in [0.15, 0.2) is 18.3 Å². The molecule has 0 radical (unpaired) electrons. The maximum Gasteiger partial charge on any atom is 0.0573 e. The van der Waals surface area contributed by atoms with Gasteiger partial charge in [-0.2, -0.15) is 0 Å². The minimum Gasteiger partial charge on any atom is -0.311 e. The van der Waals surface area contributed by atoms with E-state index < -0.39 is 0 Å². The van der Waals surface area contributed by atoms with E-state index in [9.17, 15) is 0 Å². The molecule has 0 aromatic carbocycles. The Labute approximate surface area is 93.1 Å². The minimum absolute atomic E-state index is 0.334. The van der Waals surface area contributed by atoms with Crippen molar-refractivity contribution in [2.75, 3.05) is 6.54 Å². The van der Waals surface area contributed by atoms with Crippen molar-refractivity contribution in [2.24, 2.45) is 5.41 Å². The summed E-state index contributed by atoms with van der Waals surface area (Å²) in [6.07, 6.45) is 2.92. The van der Waals surface area contributed by atoms with Gasteiger partial charge in [0.2, 0.25) is 0 Å². The zero-order chi connectivity index (χ0) is 11.3. The Morgan fingerprint density at radius 2 is 2.07 bits per heavy atom. The zero-order valence-corrected chi connectivity index (χ0v) is 10.3. The molecule has 0 aliphatic heterocycles. The van der Waals surface area contributed by atoms with Crippen LogP contribution < -0.4 is 5.32 Å². The normalized spacial score (nSPS) is 11.7. The summed E-state index contributed by atoms with van der Waals surface area (Å²) in [5.41, 5.74) is 2.87. The Balaban J connectivity index is 2.50. The van der Waals surface area contributed by atoms with Gasteiger partial charge in [-0.3, -0.25) is 4.98 Å². The summed E-state index contributed by atoms with van der Waals surface area (Å²) in [6, 6.07) is 4.16. The largest absolute Gasteiger partial charge is 0.311 e. The number of nitrogens with zero attached hydrogens (tertiary/aromatic N) is 1. The lowest BCUT2D eigenvalue weighted by molar-refractivity contribution is 0.378. The number of nitrogens with one attached hydrogen (secondary N) is 1. The van der Waals surface area contributed by atoms with Gasteiger partial charge < -0.3 is 5.32 Å². The highest BCUT2D eigenvalue weighted by Gasteiger charge is 2.09. The fraction of sp³-hybridized carbons (Fsp3) is 0.615. The van der Waals surface area contributed by atoms with Crippen LogP contribution >= 0.6 is 0 Å². The van der Waals surface area contributed by atoms with E-state index in [-0.39, 0.29) is 0 Å². The second-order valence-corrected chi connectivity index (χ2v) is 5.13. The van der Waals surface area contributed by atoms with E-state index in [1.165, 1.54) is 11.3 Å². The lowest BCUT2D eigenvalue weighted by Gasteiger charge is -2.19. The summed E-state index contributed by atoms with van der Waals surface area (Å²) in [6.45, 7) is 10.8. The molecule has 84 valence electrons. The second-order valence-electron chi connectivity index (χ2n) is 5.13. The monoisotopic (exact) mass is 206 g/mol. The summed E-state index contributed by atoms with van der Waals surface area (Å²) >= 11 is 0. The van der Waals surface area contributed by atoms with Crippen LogP contribution in [-0.2, 0) is 13.0 Å². The summed E-state index contributed by atoms with van der Waals surface area (Å²) < 4.78 is 0. The van der Waals surface area contributed by atoms with Crippen LogP contribution in [0.25, 0.3) is 0 Å². The maximum atomic E-state index is 4.41. The van der Waals surface area contributed by atoms with Gasteiger partial charge in [-0.1, -0.05) is 33.8 Å². The number of hydrogen-bond acceptors (Lipinski definition) is 2. The van der Waals surface area contributed by atoms with Crippen molar-refractivity contribution in [3.63, 3.8) is 0 Å². The first-order valence-electron chi connectivity index (χ1n) is 5.66. The Morgan fingerprint density at radius 3 is 2.67 bits per heavy atom. The van der Waals surface area contributed by atoms with E-state index in [1.807, 2.05) is 12.3 Å². The van der Waals surface area contributed by atoms with Gasteiger partial charge in [-0.15, -0.1) is 0 Å². The van der Waals surface area contributed by atoms with Crippen LogP contribution in [0.4, 0.5) is 0 Å². The Kier molecular flexibility index (Phi) is 4.28. The first-order valence-corrected chi connectivity index (χ1v) is 5.66. The van der Waals surface area contributed by atoms with Crippen molar-refractivity contribution in [1.29, 1.82) is 0 Å². The van der Waals surface area contributed by atoms with Crippen LogP contribution in [0.3, 0.4) is 0 Å². The molecule has 2 nitrogen and oxygen atoms in total. The van der Waals surface area contributed by atoms with Gasteiger partial charge in [0.25, 0.3) is 0 Å². The first kappa shape index (κ1) is 12.2. The SMILES string of the molecule is CCc1cccnc1CNCC(C)(C)C. The standard InChI is InChI=1S/C13H22N2/c1-5-11-7-6-8-15-12(11)9-14-10-13(2,3)4/h6-8,14H,5,9-10H2,1-4H3. The molecule has 0 atom stereocenters. The number of pyridine rings is 1. The van der Waals surface area contributed by atoms with Crippen molar-refractivity contribution >= 4 is 0 Å². The van der Waals surface area contributed by atoms with Gasteiger partial charge in [-0.25, -0.2) is 0 Å². The predicted molar refractivity (Wildman–Crippen MR) is 64.8 cm³/mol. The van der Waals surface area contributed by atoms with E-state index in [4.69, 9.17) is 0 Å². The van der Waals surface area contributed by atoms with Gasteiger partial charge in [0.1, 0.15) is 0 Å². The molecule has 1 heterocycles. The molecule has 0 bridgehead atoms. The molecule has 1 rings (SSSR count). The van der Waals surface area contributed by atoms with E-state index >= 15 is 0 Å². The third-order valence-corrected chi connectivity index (χ3v) is 2.31. The molecule has 1 N–H and O–H groups in total. The van der Waals surface area contributed by atoms with Crippen LogP contribution in [0, 0.1) is 5.41 Å². The molecule has 0 amide bonds. The van der Waals surface area contributed by atoms with Gasteiger partial charge in [0, 0.05) is 19.3 Å². The second kappa shape index (κ2) is 5.26. The van der Waals surface area contributed by atoms with Gasteiger partial charge in [0.15, 0.2) is 0 Å². The molecule has 0 aliphatic carbocycles. The molecular weight excluding hydrogens is 184 g/mol. The molecule has 0 spiro atoms. The molecule has 0 saturated carbocycles. The van der Waals surface area contributed by atoms with Crippen LogP contribution in [0.2, 0.25) is 0 Å². The fourth-order valence-corrected chi connectivity index (χ4v) is 1.51. The predicted octanol–water partition coefficient (Wildman–Crippen LogP) is 2.78. The van der Waals surface area contributed by atoms with E-state index in [2.05, 4.69) is 44.1 Å². The number of aromatic nitrogens is 1. The highest BCUT2D eigenvalue weighted by molar-refractivity contribution is 5.19.